The monoisotopic (exact) mass is 432 g/mol. The van der Waals surface area contributed by atoms with Gasteiger partial charge in [-0.05, 0) is 48.4 Å². The van der Waals surface area contributed by atoms with Gasteiger partial charge in [-0.15, -0.1) is 0 Å². The summed E-state index contributed by atoms with van der Waals surface area (Å²) in [6.07, 6.45) is -1.26. The predicted molar refractivity (Wildman–Crippen MR) is 116 cm³/mol. The van der Waals surface area contributed by atoms with Crippen LogP contribution in [-0.4, -0.2) is 24.6 Å². The van der Waals surface area contributed by atoms with Crippen molar-refractivity contribution in [2.75, 3.05) is 17.0 Å². The normalized spacial score (nSPS) is 23.8. The molecular weight excluding hydrogens is 411 g/mol. The lowest BCUT2D eigenvalue weighted by Gasteiger charge is -2.33. The molecule has 2 aliphatic heterocycles. The Morgan fingerprint density at radius 1 is 1.09 bits per heavy atom. The minimum Gasteiger partial charge on any atom is -0.464 e. The minimum atomic E-state index is -1.48. The van der Waals surface area contributed by atoms with Crippen molar-refractivity contribution in [2.45, 2.75) is 24.5 Å². The summed E-state index contributed by atoms with van der Waals surface area (Å²) < 4.78 is 19.7. The van der Waals surface area contributed by atoms with Crippen LogP contribution in [0.4, 0.5) is 15.8 Å². The van der Waals surface area contributed by atoms with Gasteiger partial charge in [-0.1, -0.05) is 48.5 Å². The molecule has 0 radical (unpaired) electrons. The van der Waals surface area contributed by atoms with Gasteiger partial charge in [0.1, 0.15) is 17.3 Å². The summed E-state index contributed by atoms with van der Waals surface area (Å²) >= 11 is 0. The zero-order valence-corrected chi connectivity index (χ0v) is 17.3. The van der Waals surface area contributed by atoms with E-state index in [1.807, 2.05) is 30.3 Å². The first-order valence-electron chi connectivity index (χ1n) is 10.4. The molecule has 0 aliphatic carbocycles. The van der Waals surface area contributed by atoms with Crippen LogP contribution < -0.4 is 10.4 Å². The first-order chi connectivity index (χ1) is 15.6. The van der Waals surface area contributed by atoms with E-state index in [0.717, 1.165) is 0 Å². The van der Waals surface area contributed by atoms with Crippen molar-refractivity contribution in [3.63, 3.8) is 0 Å². The Bertz CT molecular complexity index is 1190. The molecule has 1 amide bonds. The molecule has 5 rings (SSSR count). The predicted octanol–water partition coefficient (Wildman–Crippen LogP) is 4.14. The van der Waals surface area contributed by atoms with Gasteiger partial charge in [0, 0.05) is 5.69 Å². The average molecular weight is 432 g/mol. The summed E-state index contributed by atoms with van der Waals surface area (Å²) in [6, 6.07) is 21.5. The highest BCUT2D eigenvalue weighted by molar-refractivity contribution is 6.11. The van der Waals surface area contributed by atoms with Crippen molar-refractivity contribution >= 4 is 23.3 Å². The zero-order valence-electron chi connectivity index (χ0n) is 17.3. The Morgan fingerprint density at radius 3 is 2.59 bits per heavy atom. The number of benzene rings is 3. The molecule has 1 saturated heterocycles. The lowest BCUT2D eigenvalue weighted by Crippen LogP contribution is -2.50. The smallest absolute Gasteiger partial charge is 0.339 e. The number of anilines is 2. The summed E-state index contributed by atoms with van der Waals surface area (Å²) in [5, 5.41) is 4.42. The van der Waals surface area contributed by atoms with Gasteiger partial charge >= 0.3 is 5.97 Å². The van der Waals surface area contributed by atoms with Gasteiger partial charge in [0.2, 0.25) is 12.0 Å². The van der Waals surface area contributed by atoms with Crippen molar-refractivity contribution in [2.24, 2.45) is 0 Å². The summed E-state index contributed by atoms with van der Waals surface area (Å²) in [4.78, 5) is 33.1. The van der Waals surface area contributed by atoms with E-state index < -0.39 is 35.3 Å². The fraction of sp³-hybridized carbons (Fsp3) is 0.200. The Labute approximate surface area is 184 Å². The van der Waals surface area contributed by atoms with Crippen LogP contribution in [0.5, 0.6) is 0 Å². The second-order valence-corrected chi connectivity index (χ2v) is 7.73. The van der Waals surface area contributed by atoms with Gasteiger partial charge in [0.05, 0.1) is 12.3 Å². The molecule has 2 heterocycles. The van der Waals surface area contributed by atoms with E-state index in [4.69, 9.17) is 9.57 Å². The van der Waals surface area contributed by atoms with Gasteiger partial charge in [-0.25, -0.2) is 14.2 Å². The number of hydrogen-bond acceptors (Lipinski definition) is 5. The molecule has 6 nitrogen and oxygen atoms in total. The third-order valence-corrected chi connectivity index (χ3v) is 5.97. The number of carbonyl (C=O) groups is 2. The highest BCUT2D eigenvalue weighted by atomic mass is 19.1. The highest BCUT2D eigenvalue weighted by Crippen LogP contribution is 2.57. The molecule has 1 spiro atoms. The van der Waals surface area contributed by atoms with E-state index in [-0.39, 0.29) is 6.61 Å². The van der Waals surface area contributed by atoms with Gasteiger partial charge < -0.3 is 10.1 Å². The third-order valence-electron chi connectivity index (χ3n) is 5.97. The molecule has 0 bridgehead atoms. The molecule has 3 aromatic rings. The Morgan fingerprint density at radius 2 is 1.84 bits per heavy atom. The maximum atomic E-state index is 14.3. The second-order valence-electron chi connectivity index (χ2n) is 7.73. The van der Waals surface area contributed by atoms with Gasteiger partial charge in [-0.3, -0.25) is 9.63 Å². The van der Waals surface area contributed by atoms with Crippen LogP contribution in [-0.2, 0) is 24.6 Å². The van der Waals surface area contributed by atoms with Gasteiger partial charge in [0.25, 0.3) is 0 Å². The van der Waals surface area contributed by atoms with Gasteiger partial charge in [0.15, 0.2) is 0 Å². The van der Waals surface area contributed by atoms with Crippen LogP contribution in [0.1, 0.15) is 24.1 Å². The quantitative estimate of drug-likeness (QED) is 0.628. The number of halogens is 1. The lowest BCUT2D eigenvalue weighted by molar-refractivity contribution is -0.159. The fourth-order valence-electron chi connectivity index (χ4n) is 4.73. The maximum Gasteiger partial charge on any atom is 0.339 e. The van der Waals surface area contributed by atoms with Crippen LogP contribution in [0, 0.1) is 5.82 Å². The molecule has 162 valence electrons. The lowest BCUT2D eigenvalue weighted by atomic mass is 9.69. The topological polar surface area (TPSA) is 67.9 Å². The molecular formula is C25H21FN2O4. The van der Waals surface area contributed by atoms with Crippen molar-refractivity contribution in [3.05, 3.63) is 95.8 Å². The minimum absolute atomic E-state index is 0.133. The number of hydrogen-bond donors (Lipinski definition) is 1. The molecule has 1 N–H and O–H groups in total. The molecule has 1 unspecified atom stereocenters. The van der Waals surface area contributed by atoms with Crippen molar-refractivity contribution in [1.82, 2.24) is 0 Å². The molecule has 1 fully saturated rings. The van der Waals surface area contributed by atoms with E-state index in [9.17, 15) is 14.0 Å². The van der Waals surface area contributed by atoms with Crippen molar-refractivity contribution < 1.29 is 23.6 Å². The number of nitrogens with one attached hydrogen (secondary N) is 1. The number of hydroxylamine groups is 1. The molecule has 0 saturated carbocycles. The molecule has 0 aromatic heterocycles. The van der Waals surface area contributed by atoms with Crippen LogP contribution in [0.3, 0.4) is 0 Å². The van der Waals surface area contributed by atoms with Crippen LogP contribution >= 0.6 is 0 Å². The van der Waals surface area contributed by atoms with E-state index in [0.29, 0.717) is 22.5 Å². The zero-order chi connectivity index (χ0) is 22.3. The van der Waals surface area contributed by atoms with Gasteiger partial charge in [-0.2, -0.15) is 0 Å². The number of rotatable bonds is 4. The number of ether oxygens (including phenoxy) is 1. The number of nitrogens with zero attached hydrogens (tertiary/aromatic N) is 1. The summed E-state index contributed by atoms with van der Waals surface area (Å²) in [5.41, 5.74) is 0.854. The average Bonchev–Trinajstić information content (AvgIpc) is 3.31. The number of esters is 1. The van der Waals surface area contributed by atoms with Crippen LogP contribution in [0.15, 0.2) is 78.9 Å². The first kappa shape index (κ1) is 20.2. The summed E-state index contributed by atoms with van der Waals surface area (Å²) in [7, 11) is 0. The molecule has 3 aromatic carbocycles. The van der Waals surface area contributed by atoms with Crippen molar-refractivity contribution in [3.8, 4) is 0 Å². The number of amides is 1. The third kappa shape index (κ3) is 2.89. The van der Waals surface area contributed by atoms with E-state index in [1.54, 1.807) is 43.3 Å². The second kappa shape index (κ2) is 7.76. The van der Waals surface area contributed by atoms with E-state index in [1.165, 1.54) is 17.2 Å². The largest absolute Gasteiger partial charge is 0.464 e. The van der Waals surface area contributed by atoms with Crippen molar-refractivity contribution in [1.29, 1.82) is 0 Å². The Balaban J connectivity index is 1.80. The Kier molecular flexibility index (Phi) is 4.90. The molecule has 7 heteroatoms. The van der Waals surface area contributed by atoms with Crippen LogP contribution in [0.2, 0.25) is 0 Å². The molecule has 3 atom stereocenters. The first-order valence-corrected chi connectivity index (χ1v) is 10.4. The number of para-hydroxylation sites is 2. The Hall–Kier alpha value is -3.71. The summed E-state index contributed by atoms with van der Waals surface area (Å²) in [6.45, 7) is 1.83. The molecule has 32 heavy (non-hydrogen) atoms. The summed E-state index contributed by atoms with van der Waals surface area (Å²) in [5.74, 6) is -1.50. The standard InChI is InChI=1S/C25H21FN2O4/c1-2-31-23(29)22-25(19-13-6-7-14-20(19)27-24(25)30)21(16-9-8-10-17(26)15-16)28(32-22)18-11-4-3-5-12-18/h3-15,21-22H,2H2,1H3,(H,27,30)/t21-,22+,25?/m1/s1. The SMILES string of the molecule is CCOC(=O)[C@@H]1ON(c2ccccc2)[C@H](c2cccc(F)c2)C12C(=O)Nc1ccccc12. The fourth-order valence-corrected chi connectivity index (χ4v) is 4.73. The number of carbonyl (C=O) groups excluding carboxylic acids is 2. The van der Waals surface area contributed by atoms with E-state index in [2.05, 4.69) is 5.32 Å². The number of fused-ring (bicyclic) bond motifs is 2. The highest BCUT2D eigenvalue weighted by Gasteiger charge is 2.68. The maximum absolute atomic E-state index is 14.3. The van der Waals surface area contributed by atoms with E-state index >= 15 is 0 Å². The molecule has 2 aliphatic rings. The van der Waals surface area contributed by atoms with Crippen LogP contribution in [0.25, 0.3) is 0 Å².